The van der Waals surface area contributed by atoms with Crippen LogP contribution >= 0.6 is 0 Å². The first-order valence-electron chi connectivity index (χ1n) is 17.9. The van der Waals surface area contributed by atoms with Gasteiger partial charge in [0.05, 0.1) is 18.6 Å². The van der Waals surface area contributed by atoms with E-state index in [1.54, 1.807) is 13.8 Å². The number of anilines is 2. The minimum absolute atomic E-state index is 0.0415. The van der Waals surface area contributed by atoms with Gasteiger partial charge >= 0.3 is 0 Å². The monoisotopic (exact) mass is 652 g/mol. The Morgan fingerprint density at radius 1 is 0.660 bits per heavy atom. The Hall–Kier alpha value is -3.45. The maximum absolute atomic E-state index is 12.2. The predicted octanol–water partition coefficient (Wildman–Crippen LogP) is 3.46. The number of carbonyl (C=O) groups excluding carboxylic acids is 3. The van der Waals surface area contributed by atoms with E-state index in [0.717, 1.165) is 58.2 Å². The summed E-state index contributed by atoms with van der Waals surface area (Å²) in [6, 6.07) is 5.03. The quantitative estimate of drug-likeness (QED) is 0.423. The minimum atomic E-state index is -0.0415. The SMILES string of the molecule is CC(=O)N1CCN(CC(=O)Nc2ccn(C3CCCCC3)n2)CC1.CC(=O)N1CCN(CCNc2ccn(C3CCCCC3)n2)CC1. The van der Waals surface area contributed by atoms with Gasteiger partial charge in [-0.05, 0) is 25.7 Å². The molecule has 4 aliphatic rings. The topological polar surface area (TPSA) is 124 Å². The highest BCUT2D eigenvalue weighted by Gasteiger charge is 2.22. The first-order chi connectivity index (χ1) is 22.8. The van der Waals surface area contributed by atoms with E-state index in [4.69, 9.17) is 0 Å². The Bertz CT molecular complexity index is 1270. The second-order valence-corrected chi connectivity index (χ2v) is 13.6. The van der Waals surface area contributed by atoms with Crippen molar-refractivity contribution in [3.8, 4) is 0 Å². The summed E-state index contributed by atoms with van der Waals surface area (Å²) in [6.45, 7) is 12.0. The van der Waals surface area contributed by atoms with Crippen molar-refractivity contribution in [1.82, 2.24) is 39.2 Å². The van der Waals surface area contributed by atoms with Gasteiger partial charge in [-0.25, -0.2) is 0 Å². The predicted molar refractivity (Wildman–Crippen MR) is 183 cm³/mol. The molecular formula is C34H56N10O3. The van der Waals surface area contributed by atoms with Gasteiger partial charge in [-0.15, -0.1) is 0 Å². The molecule has 4 heterocycles. The maximum Gasteiger partial charge on any atom is 0.239 e. The van der Waals surface area contributed by atoms with Gasteiger partial charge in [0, 0.05) is 104 Å². The second kappa shape index (κ2) is 17.6. The molecule has 2 saturated carbocycles. The van der Waals surface area contributed by atoms with Crippen molar-refractivity contribution in [3.05, 3.63) is 24.5 Å². The van der Waals surface area contributed by atoms with E-state index in [9.17, 15) is 14.4 Å². The summed E-state index contributed by atoms with van der Waals surface area (Å²) < 4.78 is 4.15. The van der Waals surface area contributed by atoms with E-state index in [-0.39, 0.29) is 17.7 Å². The van der Waals surface area contributed by atoms with Gasteiger partial charge in [-0.2, -0.15) is 10.2 Å². The van der Waals surface area contributed by atoms with Crippen molar-refractivity contribution in [1.29, 1.82) is 0 Å². The maximum atomic E-state index is 12.2. The Balaban J connectivity index is 0.000000185. The van der Waals surface area contributed by atoms with Gasteiger partial charge in [-0.3, -0.25) is 33.5 Å². The fraction of sp³-hybridized carbons (Fsp3) is 0.735. The number of amides is 3. The molecule has 4 fully saturated rings. The summed E-state index contributed by atoms with van der Waals surface area (Å²) in [4.78, 5) is 43.1. The Morgan fingerprint density at radius 2 is 1.13 bits per heavy atom. The highest BCUT2D eigenvalue weighted by molar-refractivity contribution is 5.91. The number of nitrogens with one attached hydrogen (secondary N) is 2. The van der Waals surface area contributed by atoms with E-state index in [1.807, 2.05) is 26.7 Å². The van der Waals surface area contributed by atoms with Crippen LogP contribution in [0, 0.1) is 0 Å². The Labute approximate surface area is 280 Å². The molecule has 13 nitrogen and oxygen atoms in total. The third-order valence-electron chi connectivity index (χ3n) is 10.1. The zero-order valence-corrected chi connectivity index (χ0v) is 28.6. The first kappa shape index (κ1) is 34.9. The van der Waals surface area contributed by atoms with E-state index in [1.165, 1.54) is 64.2 Å². The lowest BCUT2D eigenvalue weighted by molar-refractivity contribution is -0.131. The van der Waals surface area contributed by atoms with Gasteiger partial charge in [0.15, 0.2) is 5.82 Å². The lowest BCUT2D eigenvalue weighted by atomic mass is 9.96. The number of rotatable bonds is 9. The van der Waals surface area contributed by atoms with Crippen LogP contribution in [0.1, 0.15) is 90.1 Å². The highest BCUT2D eigenvalue weighted by atomic mass is 16.2. The second-order valence-electron chi connectivity index (χ2n) is 13.6. The molecule has 260 valence electrons. The van der Waals surface area contributed by atoms with Crippen molar-refractivity contribution >= 4 is 29.4 Å². The fourth-order valence-corrected chi connectivity index (χ4v) is 7.17. The van der Waals surface area contributed by atoms with Gasteiger partial charge in [0.1, 0.15) is 5.82 Å². The molecule has 2 saturated heterocycles. The van der Waals surface area contributed by atoms with Crippen molar-refractivity contribution in [3.63, 3.8) is 0 Å². The summed E-state index contributed by atoms with van der Waals surface area (Å²) in [5.74, 6) is 1.87. The molecule has 6 rings (SSSR count). The number of piperazine rings is 2. The van der Waals surface area contributed by atoms with Crippen LogP contribution in [0.2, 0.25) is 0 Å². The number of hydrogen-bond donors (Lipinski definition) is 2. The number of hydrogen-bond acceptors (Lipinski definition) is 8. The van der Waals surface area contributed by atoms with Crippen molar-refractivity contribution < 1.29 is 14.4 Å². The first-order valence-corrected chi connectivity index (χ1v) is 17.9. The van der Waals surface area contributed by atoms with Crippen molar-refractivity contribution in [2.75, 3.05) is 82.6 Å². The number of nitrogens with zero attached hydrogens (tertiary/aromatic N) is 8. The fourth-order valence-electron chi connectivity index (χ4n) is 7.17. The summed E-state index contributed by atoms with van der Waals surface area (Å²) in [6.07, 6.45) is 16.9. The molecule has 2 aliphatic heterocycles. The summed E-state index contributed by atoms with van der Waals surface area (Å²) in [5, 5.41) is 15.5. The zero-order valence-electron chi connectivity index (χ0n) is 28.6. The Kier molecular flexibility index (Phi) is 13.1. The average molecular weight is 653 g/mol. The zero-order chi connectivity index (χ0) is 33.0. The van der Waals surface area contributed by atoms with Gasteiger partial charge < -0.3 is 20.4 Å². The van der Waals surface area contributed by atoms with Crippen molar-refractivity contribution in [2.45, 2.75) is 90.1 Å². The average Bonchev–Trinajstić information content (AvgIpc) is 3.77. The third-order valence-corrected chi connectivity index (χ3v) is 10.1. The molecule has 0 aromatic carbocycles. The summed E-state index contributed by atoms with van der Waals surface area (Å²) in [5.41, 5.74) is 0. The molecule has 2 aromatic heterocycles. The van der Waals surface area contributed by atoms with Crippen LogP contribution in [0.3, 0.4) is 0 Å². The molecule has 0 unspecified atom stereocenters. The highest BCUT2D eigenvalue weighted by Crippen LogP contribution is 2.29. The van der Waals surface area contributed by atoms with Gasteiger partial charge in [-0.1, -0.05) is 38.5 Å². The molecule has 2 aromatic rings. The Morgan fingerprint density at radius 3 is 1.64 bits per heavy atom. The molecule has 2 N–H and O–H groups in total. The number of carbonyl (C=O) groups is 3. The van der Waals surface area contributed by atoms with E-state index >= 15 is 0 Å². The molecule has 13 heteroatoms. The summed E-state index contributed by atoms with van der Waals surface area (Å²) >= 11 is 0. The molecule has 0 radical (unpaired) electrons. The molecular weight excluding hydrogens is 596 g/mol. The van der Waals surface area contributed by atoms with Crippen LogP contribution in [-0.2, 0) is 14.4 Å². The molecule has 3 amide bonds. The largest absolute Gasteiger partial charge is 0.367 e. The molecule has 0 spiro atoms. The van der Waals surface area contributed by atoms with Crippen LogP contribution in [0.15, 0.2) is 24.5 Å². The third kappa shape index (κ3) is 10.8. The standard InChI is InChI=1S/C17H27N5O2.C17H29N5O/c1-14(23)21-11-9-20(10-12-21)13-17(24)18-16-7-8-22(19-16)15-5-3-2-4-6-15;1-15(23)21-13-11-20(12-14-21)10-8-18-17-7-9-22(19-17)16-5-3-2-4-6-16/h7-8,15H,2-6,9-13H2,1H3,(H,18,19,24);7,9,16H,2-6,8,10-14H2,1H3,(H,18,19). The van der Waals surface area contributed by atoms with Gasteiger partial charge in [0.25, 0.3) is 0 Å². The van der Waals surface area contributed by atoms with Crippen LogP contribution in [-0.4, -0.2) is 129 Å². The lowest BCUT2D eigenvalue weighted by Crippen LogP contribution is -2.49. The smallest absolute Gasteiger partial charge is 0.239 e. The van der Waals surface area contributed by atoms with E-state index < -0.39 is 0 Å². The molecule has 2 aliphatic carbocycles. The van der Waals surface area contributed by atoms with Crippen LogP contribution in [0.25, 0.3) is 0 Å². The van der Waals surface area contributed by atoms with Crippen LogP contribution in [0.4, 0.5) is 11.6 Å². The normalized spacial score (nSPS) is 20.4. The molecule has 0 bridgehead atoms. The van der Waals surface area contributed by atoms with Crippen LogP contribution in [0.5, 0.6) is 0 Å². The summed E-state index contributed by atoms with van der Waals surface area (Å²) in [7, 11) is 0. The lowest BCUT2D eigenvalue weighted by Gasteiger charge is -2.34. The van der Waals surface area contributed by atoms with E-state index in [0.29, 0.717) is 37.5 Å². The van der Waals surface area contributed by atoms with E-state index in [2.05, 4.69) is 47.6 Å². The molecule has 47 heavy (non-hydrogen) atoms. The van der Waals surface area contributed by atoms with Crippen molar-refractivity contribution in [2.24, 2.45) is 0 Å². The molecule has 0 atom stereocenters. The van der Waals surface area contributed by atoms with Crippen LogP contribution < -0.4 is 10.6 Å². The van der Waals surface area contributed by atoms with Gasteiger partial charge in [0.2, 0.25) is 17.7 Å². The minimum Gasteiger partial charge on any atom is -0.367 e. The number of aromatic nitrogens is 4.